The Bertz CT molecular complexity index is 675. The number of benzene rings is 2. The second-order valence-corrected chi connectivity index (χ2v) is 5.58. The molecule has 22 heavy (non-hydrogen) atoms. The molecule has 114 valence electrons. The van der Waals surface area contributed by atoms with E-state index >= 15 is 0 Å². The summed E-state index contributed by atoms with van der Waals surface area (Å²) >= 11 is 0. The third-order valence-electron chi connectivity index (χ3n) is 4.22. The number of hydrogen-bond donors (Lipinski definition) is 0. The number of nitro groups is 1. The van der Waals surface area contributed by atoms with Crippen LogP contribution in [-0.2, 0) is 4.74 Å². The van der Waals surface area contributed by atoms with Crippen molar-refractivity contribution < 1.29 is 9.66 Å². The Morgan fingerprint density at radius 2 is 1.77 bits per heavy atom. The number of ether oxygens (including phenoxy) is 1. The van der Waals surface area contributed by atoms with Crippen molar-refractivity contribution in [3.8, 4) is 0 Å². The van der Waals surface area contributed by atoms with Gasteiger partial charge in [-0.25, -0.2) is 0 Å². The Balaban J connectivity index is 1.90. The van der Waals surface area contributed by atoms with Crippen LogP contribution in [0.5, 0.6) is 0 Å². The Hall–Kier alpha value is -2.24. The fourth-order valence-corrected chi connectivity index (χ4v) is 2.88. The molecule has 2 aromatic rings. The van der Waals surface area contributed by atoms with Crippen molar-refractivity contribution in [2.75, 3.05) is 7.05 Å². The Labute approximate surface area is 129 Å². The number of rotatable bonds is 3. The molecule has 1 aliphatic heterocycles. The number of nitro benzene ring substituents is 1. The molecule has 1 fully saturated rings. The van der Waals surface area contributed by atoms with E-state index in [1.165, 1.54) is 6.07 Å². The Kier molecular flexibility index (Phi) is 3.92. The van der Waals surface area contributed by atoms with Crippen molar-refractivity contribution in [1.29, 1.82) is 0 Å². The molecule has 0 N–H and O–H groups in total. The zero-order chi connectivity index (χ0) is 15.7. The molecule has 0 bridgehead atoms. The van der Waals surface area contributed by atoms with Crippen molar-refractivity contribution in [3.05, 3.63) is 75.8 Å². The standard InChI is InChI=1S/C17H18N2O3/c1-12-16(13-7-4-3-5-8-13)22-17(18(12)2)14-9-6-10-15(11-14)19(20)21/h3-12,16-17H,1-2H3. The van der Waals surface area contributed by atoms with Gasteiger partial charge < -0.3 is 4.74 Å². The van der Waals surface area contributed by atoms with Crippen LogP contribution in [0.1, 0.15) is 30.4 Å². The summed E-state index contributed by atoms with van der Waals surface area (Å²) in [5, 5.41) is 11.0. The van der Waals surface area contributed by atoms with E-state index in [0.29, 0.717) is 0 Å². The van der Waals surface area contributed by atoms with E-state index in [9.17, 15) is 10.1 Å². The smallest absolute Gasteiger partial charge is 0.269 e. The average molecular weight is 298 g/mol. The maximum atomic E-state index is 11.0. The zero-order valence-corrected chi connectivity index (χ0v) is 12.5. The van der Waals surface area contributed by atoms with Gasteiger partial charge in [0.25, 0.3) is 5.69 Å². The van der Waals surface area contributed by atoms with Crippen molar-refractivity contribution in [2.24, 2.45) is 0 Å². The molecular formula is C17H18N2O3. The second kappa shape index (κ2) is 5.87. The highest BCUT2D eigenvalue weighted by Crippen LogP contribution is 2.41. The Morgan fingerprint density at radius 3 is 2.45 bits per heavy atom. The number of non-ortho nitro benzene ring substituents is 1. The quantitative estimate of drug-likeness (QED) is 0.640. The van der Waals surface area contributed by atoms with Gasteiger partial charge in [0.2, 0.25) is 0 Å². The molecular weight excluding hydrogens is 280 g/mol. The molecule has 0 aliphatic carbocycles. The lowest BCUT2D eigenvalue weighted by molar-refractivity contribution is -0.385. The first-order valence-corrected chi connectivity index (χ1v) is 7.24. The minimum absolute atomic E-state index is 0.0459. The van der Waals surface area contributed by atoms with E-state index in [1.54, 1.807) is 12.1 Å². The maximum absolute atomic E-state index is 11.0. The predicted molar refractivity (Wildman–Crippen MR) is 83.3 cm³/mol. The minimum Gasteiger partial charge on any atom is -0.349 e. The van der Waals surface area contributed by atoms with Gasteiger partial charge in [-0.05, 0) is 19.5 Å². The van der Waals surface area contributed by atoms with Crippen LogP contribution in [0.15, 0.2) is 54.6 Å². The van der Waals surface area contributed by atoms with Crippen LogP contribution in [0, 0.1) is 10.1 Å². The summed E-state index contributed by atoms with van der Waals surface area (Å²) < 4.78 is 6.20. The Morgan fingerprint density at radius 1 is 1.09 bits per heavy atom. The van der Waals surface area contributed by atoms with Gasteiger partial charge in [-0.1, -0.05) is 42.5 Å². The zero-order valence-electron chi connectivity index (χ0n) is 12.5. The fraction of sp³-hybridized carbons (Fsp3) is 0.294. The lowest BCUT2D eigenvalue weighted by atomic mass is 10.0. The molecule has 1 aliphatic rings. The van der Waals surface area contributed by atoms with E-state index in [0.717, 1.165) is 11.1 Å². The summed E-state index contributed by atoms with van der Waals surface area (Å²) in [7, 11) is 1.98. The lowest BCUT2D eigenvalue weighted by Crippen LogP contribution is -2.27. The highest BCUT2D eigenvalue weighted by Gasteiger charge is 2.38. The number of hydrogen-bond acceptors (Lipinski definition) is 4. The van der Waals surface area contributed by atoms with Crippen LogP contribution >= 0.6 is 0 Å². The van der Waals surface area contributed by atoms with E-state index in [2.05, 4.69) is 11.8 Å². The molecule has 3 atom stereocenters. The first-order chi connectivity index (χ1) is 10.6. The normalized spacial score (nSPS) is 25.3. The van der Waals surface area contributed by atoms with Crippen molar-refractivity contribution >= 4 is 5.69 Å². The molecule has 3 rings (SSSR count). The minimum atomic E-state index is -0.378. The van der Waals surface area contributed by atoms with Crippen LogP contribution in [0.2, 0.25) is 0 Å². The van der Waals surface area contributed by atoms with Gasteiger partial charge >= 0.3 is 0 Å². The number of likely N-dealkylation sites (N-methyl/N-ethyl adjacent to an activating group) is 1. The first-order valence-electron chi connectivity index (χ1n) is 7.24. The summed E-state index contributed by atoms with van der Waals surface area (Å²) in [5.74, 6) is 0. The fourth-order valence-electron chi connectivity index (χ4n) is 2.88. The van der Waals surface area contributed by atoms with Gasteiger partial charge in [-0.2, -0.15) is 0 Å². The maximum Gasteiger partial charge on any atom is 0.269 e. The first kappa shape index (κ1) is 14.7. The topological polar surface area (TPSA) is 55.6 Å². The summed E-state index contributed by atoms with van der Waals surface area (Å²) in [5.41, 5.74) is 2.02. The van der Waals surface area contributed by atoms with Gasteiger partial charge in [0.15, 0.2) is 0 Å². The molecule has 1 heterocycles. The molecule has 5 nitrogen and oxygen atoms in total. The lowest BCUT2D eigenvalue weighted by Gasteiger charge is -2.21. The molecule has 3 unspecified atom stereocenters. The van der Waals surface area contributed by atoms with Crippen molar-refractivity contribution in [2.45, 2.75) is 25.3 Å². The van der Waals surface area contributed by atoms with E-state index in [1.807, 2.05) is 43.4 Å². The second-order valence-electron chi connectivity index (χ2n) is 5.58. The van der Waals surface area contributed by atoms with E-state index in [4.69, 9.17) is 4.74 Å². The molecule has 0 amide bonds. The molecule has 1 saturated heterocycles. The van der Waals surface area contributed by atoms with Crippen LogP contribution in [0.3, 0.4) is 0 Å². The third-order valence-corrected chi connectivity index (χ3v) is 4.22. The van der Waals surface area contributed by atoms with E-state index in [-0.39, 0.29) is 29.0 Å². The van der Waals surface area contributed by atoms with Gasteiger partial charge in [0.05, 0.1) is 4.92 Å². The molecule has 0 saturated carbocycles. The SMILES string of the molecule is CC1C(c2ccccc2)OC(c2cccc([N+](=O)[O-])c2)N1C. The van der Waals surface area contributed by atoms with E-state index < -0.39 is 0 Å². The molecule has 5 heteroatoms. The van der Waals surface area contributed by atoms with Crippen LogP contribution in [0.4, 0.5) is 5.69 Å². The molecule has 0 aromatic heterocycles. The summed E-state index contributed by atoms with van der Waals surface area (Å²) in [6, 6.07) is 16.9. The largest absolute Gasteiger partial charge is 0.349 e. The van der Waals surface area contributed by atoms with Crippen LogP contribution in [0.25, 0.3) is 0 Å². The third kappa shape index (κ3) is 2.61. The monoisotopic (exact) mass is 298 g/mol. The highest BCUT2D eigenvalue weighted by molar-refractivity contribution is 5.36. The molecule has 0 radical (unpaired) electrons. The summed E-state index contributed by atoms with van der Waals surface area (Å²) in [4.78, 5) is 12.7. The van der Waals surface area contributed by atoms with Gasteiger partial charge in [-0.3, -0.25) is 15.0 Å². The van der Waals surface area contributed by atoms with Gasteiger partial charge in [0.1, 0.15) is 12.3 Å². The summed E-state index contributed by atoms with van der Waals surface area (Å²) in [6.45, 7) is 2.11. The van der Waals surface area contributed by atoms with Crippen LogP contribution < -0.4 is 0 Å². The van der Waals surface area contributed by atoms with Crippen molar-refractivity contribution in [3.63, 3.8) is 0 Å². The molecule has 0 spiro atoms. The van der Waals surface area contributed by atoms with Gasteiger partial charge in [0, 0.05) is 23.7 Å². The van der Waals surface area contributed by atoms with Crippen molar-refractivity contribution in [1.82, 2.24) is 4.90 Å². The highest BCUT2D eigenvalue weighted by atomic mass is 16.6. The predicted octanol–water partition coefficient (Wildman–Crippen LogP) is 3.69. The number of nitrogens with zero attached hydrogens (tertiary/aromatic N) is 2. The van der Waals surface area contributed by atoms with Crippen LogP contribution in [-0.4, -0.2) is 22.9 Å². The van der Waals surface area contributed by atoms with Gasteiger partial charge in [-0.15, -0.1) is 0 Å². The summed E-state index contributed by atoms with van der Waals surface area (Å²) in [6.07, 6.45) is -0.324. The molecule has 2 aromatic carbocycles. The average Bonchev–Trinajstić information content (AvgIpc) is 2.84.